The lowest BCUT2D eigenvalue weighted by atomic mass is 10.1. The summed E-state index contributed by atoms with van der Waals surface area (Å²) in [5.74, 6) is -0.0406. The number of amides is 2. The summed E-state index contributed by atoms with van der Waals surface area (Å²) in [6.07, 6.45) is 0.231. The smallest absolute Gasteiger partial charge is 0.407 e. The van der Waals surface area contributed by atoms with Crippen LogP contribution in [0, 0.1) is 5.92 Å². The number of hydrogen-bond donors (Lipinski definition) is 4. The van der Waals surface area contributed by atoms with E-state index in [4.69, 9.17) is 16.2 Å². The van der Waals surface area contributed by atoms with Crippen molar-refractivity contribution in [2.75, 3.05) is 11.9 Å². The molecule has 0 heterocycles. The number of carbonyl (C=O) groups is 2. The van der Waals surface area contributed by atoms with Crippen molar-refractivity contribution in [3.05, 3.63) is 59.7 Å². The maximum absolute atomic E-state index is 12.5. The van der Waals surface area contributed by atoms with Crippen LogP contribution in [-0.2, 0) is 11.2 Å². The van der Waals surface area contributed by atoms with E-state index in [0.29, 0.717) is 35.9 Å². The number of benzene rings is 2. The van der Waals surface area contributed by atoms with Crippen LogP contribution in [0.25, 0.3) is 0 Å². The zero-order valence-electron chi connectivity index (χ0n) is 17.5. The van der Waals surface area contributed by atoms with Crippen molar-refractivity contribution in [1.82, 2.24) is 5.32 Å². The van der Waals surface area contributed by atoms with Crippen molar-refractivity contribution in [3.63, 3.8) is 0 Å². The number of alkyl carbamates (subject to hydrolysis) is 1. The Labute approximate surface area is 176 Å². The number of carbonyl (C=O) groups excluding carboxylic acids is 2. The van der Waals surface area contributed by atoms with E-state index in [9.17, 15) is 9.59 Å². The number of rotatable bonds is 8. The summed E-state index contributed by atoms with van der Waals surface area (Å²) in [7, 11) is 0. The van der Waals surface area contributed by atoms with Crippen LogP contribution in [0.2, 0.25) is 0 Å². The topological polar surface area (TPSA) is 132 Å². The van der Waals surface area contributed by atoms with Crippen molar-refractivity contribution >= 4 is 29.3 Å². The molecule has 1 unspecified atom stereocenters. The Morgan fingerprint density at radius 3 is 2.40 bits per heavy atom. The molecule has 0 radical (unpaired) electrons. The third-order valence-corrected chi connectivity index (χ3v) is 4.03. The van der Waals surface area contributed by atoms with Crippen molar-refractivity contribution in [3.8, 4) is 0 Å². The van der Waals surface area contributed by atoms with E-state index in [1.807, 2.05) is 45.0 Å². The molecule has 2 amide bonds. The van der Waals surface area contributed by atoms with Gasteiger partial charge < -0.3 is 26.8 Å². The number of anilines is 1. The lowest BCUT2D eigenvalue weighted by Crippen LogP contribution is -2.35. The Balaban J connectivity index is 1.90. The zero-order valence-corrected chi connectivity index (χ0v) is 17.5. The summed E-state index contributed by atoms with van der Waals surface area (Å²) in [5.41, 5.74) is 13.4. The van der Waals surface area contributed by atoms with Gasteiger partial charge in [-0.1, -0.05) is 32.0 Å². The zero-order chi connectivity index (χ0) is 22.1. The molecule has 6 N–H and O–H groups in total. The van der Waals surface area contributed by atoms with Gasteiger partial charge in [0.25, 0.3) is 5.91 Å². The van der Waals surface area contributed by atoms with Gasteiger partial charge in [-0.15, -0.1) is 0 Å². The highest BCUT2D eigenvalue weighted by molar-refractivity contribution is 6.04. The van der Waals surface area contributed by atoms with Gasteiger partial charge in [-0.05, 0) is 55.2 Å². The highest BCUT2D eigenvalue weighted by Gasteiger charge is 2.11. The van der Waals surface area contributed by atoms with Gasteiger partial charge >= 0.3 is 6.09 Å². The minimum absolute atomic E-state index is 0.0694. The first kappa shape index (κ1) is 22.7. The molecule has 2 aromatic rings. The average molecular weight is 412 g/mol. The minimum atomic E-state index is -0.414. The Bertz CT molecular complexity index is 890. The Morgan fingerprint density at radius 2 is 1.77 bits per heavy atom. The second-order valence-corrected chi connectivity index (χ2v) is 7.48. The Kier molecular flexibility index (Phi) is 8.22. The second-order valence-electron chi connectivity index (χ2n) is 7.48. The Morgan fingerprint density at radius 1 is 1.07 bits per heavy atom. The largest absolute Gasteiger partial charge is 0.449 e. The lowest BCUT2D eigenvalue weighted by molar-refractivity contribution is 0.102. The molecule has 0 aliphatic carbocycles. The molecule has 0 saturated carbocycles. The number of nitrogens with two attached hydrogens (primary N) is 2. The summed E-state index contributed by atoms with van der Waals surface area (Å²) in [4.78, 5) is 28.1. The molecule has 8 nitrogen and oxygen atoms in total. The van der Waals surface area contributed by atoms with E-state index < -0.39 is 6.09 Å². The molecule has 160 valence electrons. The second kappa shape index (κ2) is 10.8. The molecular weight excluding hydrogens is 382 g/mol. The van der Waals surface area contributed by atoms with Crippen LogP contribution in [0.1, 0.15) is 36.7 Å². The number of nitrogens with one attached hydrogen (secondary N) is 2. The van der Waals surface area contributed by atoms with E-state index in [2.05, 4.69) is 15.6 Å². The molecule has 2 aromatic carbocycles. The maximum atomic E-state index is 12.5. The van der Waals surface area contributed by atoms with Gasteiger partial charge in [0.05, 0.1) is 12.3 Å². The fraction of sp³-hybridized carbons (Fsp3) is 0.318. The van der Waals surface area contributed by atoms with Crippen molar-refractivity contribution in [2.45, 2.75) is 33.2 Å². The summed E-state index contributed by atoms with van der Waals surface area (Å²) in [6.45, 7) is 6.27. The molecule has 0 saturated heterocycles. The third-order valence-electron chi connectivity index (χ3n) is 4.03. The van der Waals surface area contributed by atoms with Gasteiger partial charge in [-0.25, -0.2) is 9.79 Å². The van der Waals surface area contributed by atoms with Gasteiger partial charge in [-0.3, -0.25) is 4.79 Å². The molecule has 2 rings (SSSR count). The molecule has 0 aliphatic heterocycles. The van der Waals surface area contributed by atoms with Crippen molar-refractivity contribution in [2.24, 2.45) is 22.4 Å². The maximum Gasteiger partial charge on any atom is 0.407 e. The lowest BCUT2D eigenvalue weighted by Gasteiger charge is -2.15. The van der Waals surface area contributed by atoms with Gasteiger partial charge in [0.15, 0.2) is 5.96 Å². The number of nitrogens with zero attached hydrogens (tertiary/aromatic N) is 1. The predicted molar refractivity (Wildman–Crippen MR) is 119 cm³/mol. The molecule has 30 heavy (non-hydrogen) atoms. The van der Waals surface area contributed by atoms with E-state index in [1.165, 1.54) is 0 Å². The fourth-order valence-electron chi connectivity index (χ4n) is 2.68. The van der Waals surface area contributed by atoms with Gasteiger partial charge in [-0.2, -0.15) is 0 Å². The number of aliphatic imine (C=N–C) groups is 1. The van der Waals surface area contributed by atoms with Crippen molar-refractivity contribution < 1.29 is 14.3 Å². The summed E-state index contributed by atoms with van der Waals surface area (Å²) in [5, 5.41) is 5.65. The third kappa shape index (κ3) is 7.83. The number of ether oxygens (including phenoxy) is 1. The predicted octanol–water partition coefficient (Wildman–Crippen LogP) is 3.16. The molecule has 0 aromatic heterocycles. The van der Waals surface area contributed by atoms with E-state index in [-0.39, 0.29) is 17.9 Å². The highest BCUT2D eigenvalue weighted by atomic mass is 16.5. The van der Waals surface area contributed by atoms with Crippen LogP contribution in [0.4, 0.5) is 16.2 Å². The summed E-state index contributed by atoms with van der Waals surface area (Å²) < 4.78 is 5.13. The van der Waals surface area contributed by atoms with E-state index in [0.717, 1.165) is 5.56 Å². The molecule has 0 fully saturated rings. The molecule has 0 bridgehead atoms. The van der Waals surface area contributed by atoms with Crippen molar-refractivity contribution in [1.29, 1.82) is 0 Å². The normalized spacial score (nSPS) is 11.5. The first-order valence-corrected chi connectivity index (χ1v) is 9.76. The molecule has 1 atom stereocenters. The number of hydrogen-bond acceptors (Lipinski definition) is 4. The minimum Gasteiger partial charge on any atom is -0.449 e. The SMILES string of the molecule is CC(C)COC(=O)NC(C)Cc1ccc(NC(=O)c2cccc(N=C(N)N)c2)cc1. The highest BCUT2D eigenvalue weighted by Crippen LogP contribution is 2.17. The molecule has 0 spiro atoms. The monoisotopic (exact) mass is 411 g/mol. The molecule has 8 heteroatoms. The van der Waals surface area contributed by atoms with E-state index in [1.54, 1.807) is 24.3 Å². The first-order chi connectivity index (χ1) is 14.2. The van der Waals surface area contributed by atoms with E-state index >= 15 is 0 Å². The standard InChI is InChI=1S/C22H29N5O3/c1-14(2)13-30-22(29)25-15(3)11-16-7-9-18(10-8-16)26-20(28)17-5-4-6-19(12-17)27-21(23)24/h4-10,12,14-15H,11,13H2,1-3H3,(H,25,29)(H,26,28)(H4,23,24,27). The van der Waals surface area contributed by atoms with Crippen LogP contribution in [0.5, 0.6) is 0 Å². The quantitative estimate of drug-likeness (QED) is 0.391. The van der Waals surface area contributed by atoms with Crippen LogP contribution in [0.3, 0.4) is 0 Å². The first-order valence-electron chi connectivity index (χ1n) is 9.76. The molecular formula is C22H29N5O3. The Hall–Kier alpha value is -3.55. The fourth-order valence-corrected chi connectivity index (χ4v) is 2.68. The number of guanidine groups is 1. The van der Waals surface area contributed by atoms with Gasteiger partial charge in [0.1, 0.15) is 0 Å². The molecule has 0 aliphatic rings. The van der Waals surface area contributed by atoms with Crippen LogP contribution < -0.4 is 22.1 Å². The average Bonchev–Trinajstić information content (AvgIpc) is 2.67. The summed E-state index contributed by atoms with van der Waals surface area (Å²) in [6, 6.07) is 14.1. The van der Waals surface area contributed by atoms with Gasteiger partial charge in [0, 0.05) is 17.3 Å². The van der Waals surface area contributed by atoms with Crippen LogP contribution in [0.15, 0.2) is 53.5 Å². The van der Waals surface area contributed by atoms with Gasteiger partial charge in [0.2, 0.25) is 0 Å². The summed E-state index contributed by atoms with van der Waals surface area (Å²) >= 11 is 0. The van der Waals surface area contributed by atoms with Crippen LogP contribution >= 0.6 is 0 Å². The van der Waals surface area contributed by atoms with Crippen LogP contribution in [-0.4, -0.2) is 30.6 Å².